The van der Waals surface area contributed by atoms with E-state index in [0.29, 0.717) is 23.2 Å². The summed E-state index contributed by atoms with van der Waals surface area (Å²) in [7, 11) is 0. The van der Waals surface area contributed by atoms with Crippen LogP contribution in [0.1, 0.15) is 25.7 Å². The number of hydrogen-bond donors (Lipinski definition) is 1. The Morgan fingerprint density at radius 1 is 1.39 bits per heavy atom. The van der Waals surface area contributed by atoms with Crippen molar-refractivity contribution >= 4 is 44.9 Å². The number of nitrogens with two attached hydrogens (primary N) is 1. The molecule has 94 valence electrons. The van der Waals surface area contributed by atoms with Crippen LogP contribution in [0.4, 0.5) is 5.82 Å². The fraction of sp³-hybridized carbons (Fsp3) is 0.417. The Hall–Kier alpha value is -1.14. The Kier molecular flexibility index (Phi) is 3.22. The van der Waals surface area contributed by atoms with Crippen molar-refractivity contribution in [1.29, 1.82) is 0 Å². The van der Waals surface area contributed by atoms with Crippen molar-refractivity contribution in [3.8, 4) is 0 Å². The number of hydrogen-bond acceptors (Lipinski definition) is 6. The minimum atomic E-state index is 0.00978. The van der Waals surface area contributed by atoms with Crippen molar-refractivity contribution in [2.24, 2.45) is 0 Å². The number of nitrogen functional groups attached to an aromatic ring is 1. The lowest BCUT2D eigenvalue weighted by Crippen LogP contribution is -2.21. The summed E-state index contributed by atoms with van der Waals surface area (Å²) >= 11 is 3.01. The van der Waals surface area contributed by atoms with Crippen LogP contribution in [0.3, 0.4) is 0 Å². The number of thioether (sulfide) groups is 1. The molecule has 0 unspecified atom stereocenters. The van der Waals surface area contributed by atoms with Gasteiger partial charge in [-0.1, -0.05) is 18.2 Å². The summed E-state index contributed by atoms with van der Waals surface area (Å²) in [4.78, 5) is 21.4. The summed E-state index contributed by atoms with van der Waals surface area (Å²) in [5.41, 5.74) is 5.90. The first-order valence-corrected chi connectivity index (χ1v) is 7.70. The second kappa shape index (κ2) is 4.85. The van der Waals surface area contributed by atoms with E-state index in [1.165, 1.54) is 11.8 Å². The zero-order chi connectivity index (χ0) is 12.5. The molecule has 2 aromatic rings. The highest BCUT2D eigenvalue weighted by molar-refractivity contribution is 8.00. The van der Waals surface area contributed by atoms with E-state index in [-0.39, 0.29) is 5.25 Å². The zero-order valence-corrected chi connectivity index (χ0v) is 11.4. The lowest BCUT2D eigenvalue weighted by molar-refractivity contribution is -0.119. The number of carbonyl (C=O) groups is 1. The lowest BCUT2D eigenvalue weighted by Gasteiger charge is -2.18. The third-order valence-corrected chi connectivity index (χ3v) is 5.06. The maximum absolute atomic E-state index is 11.8. The summed E-state index contributed by atoms with van der Waals surface area (Å²) in [5.74, 6) is 0.826. The van der Waals surface area contributed by atoms with Crippen molar-refractivity contribution < 1.29 is 4.79 Å². The smallest absolute Gasteiger partial charge is 0.191 e. The lowest BCUT2D eigenvalue weighted by atomic mass is 9.99. The van der Waals surface area contributed by atoms with Crippen LogP contribution in [0.25, 0.3) is 10.2 Å². The predicted molar refractivity (Wildman–Crippen MR) is 74.9 cm³/mol. The molecule has 1 aliphatic carbocycles. The Balaban J connectivity index is 1.87. The molecule has 1 aliphatic rings. The monoisotopic (exact) mass is 279 g/mol. The molecule has 0 saturated heterocycles. The van der Waals surface area contributed by atoms with Crippen LogP contribution in [-0.4, -0.2) is 21.0 Å². The van der Waals surface area contributed by atoms with E-state index in [0.717, 1.165) is 29.5 Å². The van der Waals surface area contributed by atoms with Gasteiger partial charge >= 0.3 is 0 Å². The molecule has 0 aromatic carbocycles. The molecule has 0 spiro atoms. The van der Waals surface area contributed by atoms with Gasteiger partial charge in [0.2, 0.25) is 0 Å². The van der Waals surface area contributed by atoms with Crippen LogP contribution >= 0.6 is 23.1 Å². The van der Waals surface area contributed by atoms with Gasteiger partial charge in [-0.25, -0.2) is 9.97 Å². The molecular weight excluding hydrogens is 266 g/mol. The first-order chi connectivity index (χ1) is 8.74. The molecule has 0 bridgehead atoms. The molecule has 3 rings (SSSR count). The molecular formula is C12H13N3OS2. The number of fused-ring (bicyclic) bond motifs is 1. The number of thiophene rings is 1. The average Bonchev–Trinajstić information content (AvgIpc) is 2.81. The summed E-state index contributed by atoms with van der Waals surface area (Å²) in [5, 5.41) is 3.49. The molecule has 4 nitrogen and oxygen atoms in total. The van der Waals surface area contributed by atoms with E-state index in [4.69, 9.17) is 5.73 Å². The van der Waals surface area contributed by atoms with Crippen molar-refractivity contribution in [2.45, 2.75) is 36.1 Å². The predicted octanol–water partition coefficient (Wildman–Crippen LogP) is 2.88. The van der Waals surface area contributed by atoms with Crippen LogP contribution in [0.2, 0.25) is 0 Å². The maximum atomic E-state index is 11.8. The maximum Gasteiger partial charge on any atom is 0.191 e. The van der Waals surface area contributed by atoms with Gasteiger partial charge in [-0.3, -0.25) is 4.79 Å². The van der Waals surface area contributed by atoms with Crippen molar-refractivity contribution in [3.63, 3.8) is 0 Å². The highest BCUT2D eigenvalue weighted by atomic mass is 32.2. The number of ketones is 1. The van der Waals surface area contributed by atoms with Gasteiger partial charge in [-0.05, 0) is 24.3 Å². The Bertz CT molecular complexity index is 596. The van der Waals surface area contributed by atoms with Crippen LogP contribution < -0.4 is 5.73 Å². The van der Waals surface area contributed by atoms with Gasteiger partial charge in [0.05, 0.1) is 10.6 Å². The van der Waals surface area contributed by atoms with Crippen molar-refractivity contribution in [2.75, 3.05) is 5.73 Å². The number of carbonyl (C=O) groups excluding carboxylic acids is 1. The number of Topliss-reactive ketones (excluding diaryl/α,β-unsaturated/α-hetero) is 1. The Morgan fingerprint density at radius 2 is 2.28 bits per heavy atom. The Morgan fingerprint density at radius 3 is 3.11 bits per heavy atom. The number of nitrogens with zero attached hydrogens (tertiary/aromatic N) is 2. The molecule has 6 heteroatoms. The topological polar surface area (TPSA) is 68.9 Å². The third kappa shape index (κ3) is 2.22. The van der Waals surface area contributed by atoms with Crippen LogP contribution in [0.15, 0.2) is 16.6 Å². The van der Waals surface area contributed by atoms with E-state index in [2.05, 4.69) is 9.97 Å². The van der Waals surface area contributed by atoms with Crippen molar-refractivity contribution in [1.82, 2.24) is 9.97 Å². The highest BCUT2D eigenvalue weighted by Crippen LogP contribution is 2.32. The fourth-order valence-electron chi connectivity index (χ4n) is 2.11. The van der Waals surface area contributed by atoms with Crippen LogP contribution in [0.5, 0.6) is 0 Å². The second-order valence-electron chi connectivity index (χ2n) is 4.35. The Labute approximate surface area is 113 Å². The molecule has 0 aliphatic heterocycles. The van der Waals surface area contributed by atoms with Gasteiger partial charge in [0.25, 0.3) is 0 Å². The summed E-state index contributed by atoms with van der Waals surface area (Å²) in [6.07, 6.45) is 3.74. The largest absolute Gasteiger partial charge is 0.383 e. The molecule has 1 saturated carbocycles. The average molecular weight is 279 g/mol. The molecule has 1 atom stereocenters. The minimum absolute atomic E-state index is 0.00978. The quantitative estimate of drug-likeness (QED) is 0.856. The third-order valence-electron chi connectivity index (χ3n) is 3.08. The highest BCUT2D eigenvalue weighted by Gasteiger charge is 2.24. The SMILES string of the molecule is Nc1nc(S[C@@H]2CCCCC2=O)nc2sccc12. The van der Waals surface area contributed by atoms with Gasteiger partial charge in [0.15, 0.2) is 5.16 Å². The van der Waals surface area contributed by atoms with Gasteiger partial charge in [-0.15, -0.1) is 11.3 Å². The standard InChI is InChI=1S/C12H13N3OS2/c13-10-7-5-6-17-11(7)15-12(14-10)18-9-4-2-1-3-8(9)16/h5-6,9H,1-4H2,(H2,13,14,15)/t9-/m1/s1. The minimum Gasteiger partial charge on any atom is -0.383 e. The molecule has 18 heavy (non-hydrogen) atoms. The molecule has 0 radical (unpaired) electrons. The summed E-state index contributed by atoms with van der Waals surface area (Å²) < 4.78 is 0. The van der Waals surface area contributed by atoms with Crippen LogP contribution in [0, 0.1) is 0 Å². The van der Waals surface area contributed by atoms with E-state index in [1.807, 2.05) is 11.4 Å². The van der Waals surface area contributed by atoms with Gasteiger partial charge in [-0.2, -0.15) is 0 Å². The fourth-order valence-corrected chi connectivity index (χ4v) is 4.03. The van der Waals surface area contributed by atoms with Gasteiger partial charge in [0.1, 0.15) is 16.4 Å². The molecule has 2 N–H and O–H groups in total. The molecule has 0 amide bonds. The first kappa shape index (κ1) is 11.9. The second-order valence-corrected chi connectivity index (χ2v) is 6.41. The van der Waals surface area contributed by atoms with E-state index >= 15 is 0 Å². The van der Waals surface area contributed by atoms with Gasteiger partial charge in [0, 0.05) is 6.42 Å². The van der Waals surface area contributed by atoms with Gasteiger partial charge < -0.3 is 5.73 Å². The number of anilines is 1. The first-order valence-electron chi connectivity index (χ1n) is 5.94. The van der Waals surface area contributed by atoms with E-state index in [1.54, 1.807) is 11.3 Å². The van der Waals surface area contributed by atoms with E-state index in [9.17, 15) is 4.79 Å². The van der Waals surface area contributed by atoms with E-state index < -0.39 is 0 Å². The number of aromatic nitrogens is 2. The number of rotatable bonds is 2. The summed E-state index contributed by atoms with van der Waals surface area (Å²) in [6.45, 7) is 0. The molecule has 2 aromatic heterocycles. The van der Waals surface area contributed by atoms with Crippen molar-refractivity contribution in [3.05, 3.63) is 11.4 Å². The normalized spacial score (nSPS) is 20.4. The zero-order valence-electron chi connectivity index (χ0n) is 9.76. The van der Waals surface area contributed by atoms with Crippen LogP contribution in [-0.2, 0) is 4.79 Å². The molecule has 1 fully saturated rings. The molecule has 2 heterocycles. The summed E-state index contributed by atoms with van der Waals surface area (Å²) in [6, 6.07) is 1.93.